The Balaban J connectivity index is 1.48. The number of ether oxygens (including phenoxy) is 1. The van der Waals surface area contributed by atoms with Gasteiger partial charge in [0.15, 0.2) is 0 Å². The minimum atomic E-state index is 0.694. The Kier molecular flexibility index (Phi) is 4.63. The van der Waals surface area contributed by atoms with Crippen LogP contribution in [0.2, 0.25) is 0 Å². The fraction of sp³-hybridized carbons (Fsp3) is 0.471. The number of nitrogens with one attached hydrogen (secondary N) is 1. The van der Waals surface area contributed by atoms with E-state index in [0.29, 0.717) is 5.92 Å². The van der Waals surface area contributed by atoms with E-state index in [2.05, 4.69) is 38.0 Å². The van der Waals surface area contributed by atoms with Gasteiger partial charge in [-0.2, -0.15) is 0 Å². The number of aromatic nitrogens is 2. The van der Waals surface area contributed by atoms with Crippen molar-refractivity contribution in [2.45, 2.75) is 13.0 Å². The van der Waals surface area contributed by atoms with Gasteiger partial charge in [0.05, 0.1) is 19.1 Å². The highest BCUT2D eigenvalue weighted by Crippen LogP contribution is 2.26. The second-order valence-electron chi connectivity index (χ2n) is 5.93. The van der Waals surface area contributed by atoms with E-state index >= 15 is 0 Å². The predicted molar refractivity (Wildman–Crippen MR) is 88.2 cm³/mol. The SMILES string of the molecule is COc1cccc(N2CCC(CNCc3cncn3C)C2)c1. The standard InChI is InChI=1S/C17H24N4O/c1-20-13-19-11-16(20)10-18-9-14-6-7-21(12-14)15-4-3-5-17(8-15)22-2/h3-5,8,11,13-14,18H,6-7,9-10,12H2,1-2H3. The molecular formula is C17H24N4O. The Morgan fingerprint density at radius 1 is 1.41 bits per heavy atom. The molecule has 2 heterocycles. The molecule has 0 amide bonds. The zero-order chi connectivity index (χ0) is 15.4. The molecule has 5 heteroatoms. The van der Waals surface area contributed by atoms with E-state index in [0.717, 1.165) is 31.9 Å². The Morgan fingerprint density at radius 3 is 3.09 bits per heavy atom. The number of hydrogen-bond acceptors (Lipinski definition) is 4. The molecule has 0 aliphatic carbocycles. The van der Waals surface area contributed by atoms with Crippen molar-refractivity contribution < 1.29 is 4.74 Å². The highest BCUT2D eigenvalue weighted by molar-refractivity contribution is 5.51. The topological polar surface area (TPSA) is 42.3 Å². The van der Waals surface area contributed by atoms with Crippen LogP contribution in [-0.2, 0) is 13.6 Å². The zero-order valence-electron chi connectivity index (χ0n) is 13.3. The summed E-state index contributed by atoms with van der Waals surface area (Å²) in [6, 6.07) is 8.33. The molecule has 1 aromatic carbocycles. The molecule has 1 unspecified atom stereocenters. The highest BCUT2D eigenvalue weighted by Gasteiger charge is 2.22. The maximum atomic E-state index is 5.31. The van der Waals surface area contributed by atoms with Crippen LogP contribution in [0.25, 0.3) is 0 Å². The molecule has 1 aliphatic heterocycles. The van der Waals surface area contributed by atoms with Gasteiger partial charge in [-0.15, -0.1) is 0 Å². The minimum absolute atomic E-state index is 0.694. The Morgan fingerprint density at radius 2 is 2.32 bits per heavy atom. The summed E-state index contributed by atoms with van der Waals surface area (Å²) in [6.07, 6.45) is 5.00. The quantitative estimate of drug-likeness (QED) is 0.886. The molecular weight excluding hydrogens is 276 g/mol. The van der Waals surface area contributed by atoms with Crippen molar-refractivity contribution >= 4 is 5.69 Å². The number of benzene rings is 1. The molecule has 0 spiro atoms. The lowest BCUT2D eigenvalue weighted by molar-refractivity contribution is 0.415. The van der Waals surface area contributed by atoms with Gasteiger partial charge in [0.25, 0.3) is 0 Å². The van der Waals surface area contributed by atoms with Crippen LogP contribution in [0.5, 0.6) is 5.75 Å². The van der Waals surface area contributed by atoms with Crippen molar-refractivity contribution in [3.05, 3.63) is 42.5 Å². The van der Waals surface area contributed by atoms with Crippen LogP contribution in [0, 0.1) is 5.92 Å². The molecule has 0 radical (unpaired) electrons. The molecule has 118 valence electrons. The zero-order valence-corrected chi connectivity index (χ0v) is 13.3. The summed E-state index contributed by atoms with van der Waals surface area (Å²) < 4.78 is 7.37. The number of anilines is 1. The summed E-state index contributed by atoms with van der Waals surface area (Å²) in [6.45, 7) is 4.15. The molecule has 22 heavy (non-hydrogen) atoms. The third kappa shape index (κ3) is 3.42. The van der Waals surface area contributed by atoms with Crippen molar-refractivity contribution in [3.63, 3.8) is 0 Å². The smallest absolute Gasteiger partial charge is 0.120 e. The van der Waals surface area contributed by atoms with Crippen LogP contribution >= 0.6 is 0 Å². The molecule has 1 N–H and O–H groups in total. The highest BCUT2D eigenvalue weighted by atomic mass is 16.5. The second kappa shape index (κ2) is 6.83. The minimum Gasteiger partial charge on any atom is -0.497 e. The van der Waals surface area contributed by atoms with Crippen LogP contribution in [0.15, 0.2) is 36.8 Å². The Bertz CT molecular complexity index is 610. The molecule has 2 aromatic rings. The van der Waals surface area contributed by atoms with Crippen molar-refractivity contribution in [1.82, 2.24) is 14.9 Å². The van der Waals surface area contributed by atoms with Gasteiger partial charge in [-0.25, -0.2) is 4.98 Å². The van der Waals surface area contributed by atoms with Gasteiger partial charge in [0.2, 0.25) is 0 Å². The molecule has 1 aliphatic rings. The number of imidazole rings is 1. The maximum absolute atomic E-state index is 5.31. The number of methoxy groups -OCH3 is 1. The monoisotopic (exact) mass is 300 g/mol. The van der Waals surface area contributed by atoms with Gasteiger partial charge in [-0.3, -0.25) is 0 Å². The lowest BCUT2D eigenvalue weighted by Gasteiger charge is -2.19. The van der Waals surface area contributed by atoms with E-state index in [-0.39, 0.29) is 0 Å². The fourth-order valence-electron chi connectivity index (χ4n) is 3.00. The first kappa shape index (κ1) is 14.9. The first-order valence-electron chi connectivity index (χ1n) is 7.81. The first-order valence-corrected chi connectivity index (χ1v) is 7.81. The molecule has 1 atom stereocenters. The molecule has 1 fully saturated rings. The van der Waals surface area contributed by atoms with Crippen LogP contribution in [0.4, 0.5) is 5.69 Å². The first-order chi connectivity index (χ1) is 10.8. The molecule has 5 nitrogen and oxygen atoms in total. The summed E-state index contributed by atoms with van der Waals surface area (Å²) in [5, 5.41) is 3.55. The number of rotatable bonds is 6. The van der Waals surface area contributed by atoms with E-state index in [1.165, 1.54) is 17.8 Å². The molecule has 3 rings (SSSR count). The van der Waals surface area contributed by atoms with Gasteiger partial charge in [-0.1, -0.05) is 6.07 Å². The van der Waals surface area contributed by atoms with E-state index in [9.17, 15) is 0 Å². The van der Waals surface area contributed by atoms with Crippen molar-refractivity contribution in [2.24, 2.45) is 13.0 Å². The van der Waals surface area contributed by atoms with Crippen molar-refractivity contribution in [2.75, 3.05) is 31.6 Å². The van der Waals surface area contributed by atoms with Gasteiger partial charge in [0.1, 0.15) is 5.75 Å². The number of aryl methyl sites for hydroxylation is 1. The summed E-state index contributed by atoms with van der Waals surface area (Å²) in [5.41, 5.74) is 2.48. The van der Waals surface area contributed by atoms with Crippen molar-refractivity contribution in [3.8, 4) is 5.75 Å². The third-order valence-electron chi connectivity index (χ3n) is 4.36. The van der Waals surface area contributed by atoms with E-state index in [1.54, 1.807) is 7.11 Å². The van der Waals surface area contributed by atoms with Gasteiger partial charge >= 0.3 is 0 Å². The van der Waals surface area contributed by atoms with Crippen LogP contribution in [-0.4, -0.2) is 36.3 Å². The molecule has 0 saturated carbocycles. The summed E-state index contributed by atoms with van der Waals surface area (Å²) in [5.74, 6) is 1.62. The summed E-state index contributed by atoms with van der Waals surface area (Å²) in [7, 11) is 3.75. The third-order valence-corrected chi connectivity index (χ3v) is 4.36. The number of hydrogen-bond donors (Lipinski definition) is 1. The summed E-state index contributed by atoms with van der Waals surface area (Å²) >= 11 is 0. The molecule has 0 bridgehead atoms. The lowest BCUT2D eigenvalue weighted by Crippen LogP contribution is -2.26. The average molecular weight is 300 g/mol. The van der Waals surface area contributed by atoms with Gasteiger partial charge in [-0.05, 0) is 24.5 Å². The Hall–Kier alpha value is -2.01. The molecule has 1 saturated heterocycles. The normalized spacial score (nSPS) is 17.9. The van der Waals surface area contributed by atoms with Gasteiger partial charge < -0.3 is 19.5 Å². The summed E-state index contributed by atoms with van der Waals surface area (Å²) in [4.78, 5) is 6.59. The Labute approximate surface area is 131 Å². The van der Waals surface area contributed by atoms with E-state index in [4.69, 9.17) is 4.74 Å². The number of nitrogens with zero attached hydrogens (tertiary/aromatic N) is 3. The molecule has 1 aromatic heterocycles. The van der Waals surface area contributed by atoms with Crippen LogP contribution in [0.3, 0.4) is 0 Å². The van der Waals surface area contributed by atoms with Crippen LogP contribution < -0.4 is 15.0 Å². The average Bonchev–Trinajstić information content (AvgIpc) is 3.17. The van der Waals surface area contributed by atoms with Crippen molar-refractivity contribution in [1.29, 1.82) is 0 Å². The van der Waals surface area contributed by atoms with E-state index in [1.807, 2.05) is 25.6 Å². The largest absolute Gasteiger partial charge is 0.497 e. The fourth-order valence-corrected chi connectivity index (χ4v) is 3.00. The lowest BCUT2D eigenvalue weighted by atomic mass is 10.1. The van der Waals surface area contributed by atoms with Crippen LogP contribution in [0.1, 0.15) is 12.1 Å². The van der Waals surface area contributed by atoms with Gasteiger partial charge in [0, 0.05) is 51.2 Å². The van der Waals surface area contributed by atoms with E-state index < -0.39 is 0 Å². The predicted octanol–water partition coefficient (Wildman–Crippen LogP) is 2.04. The second-order valence-corrected chi connectivity index (χ2v) is 5.93. The maximum Gasteiger partial charge on any atom is 0.120 e.